The largest absolute Gasteiger partial charge is 0.449 e. The first-order chi connectivity index (χ1) is 19.2. The molecule has 0 bridgehead atoms. The number of hydrogen-bond donors (Lipinski definition) is 4. The number of halogens is 1. The fourth-order valence-electron chi connectivity index (χ4n) is 5.69. The van der Waals surface area contributed by atoms with Crippen LogP contribution in [0.2, 0.25) is 0 Å². The molecule has 1 aliphatic carbocycles. The van der Waals surface area contributed by atoms with Crippen LogP contribution in [0.4, 0.5) is 20.8 Å². The van der Waals surface area contributed by atoms with Gasteiger partial charge in [-0.3, -0.25) is 5.32 Å². The molecule has 0 saturated heterocycles. The molecule has 0 unspecified atom stereocenters. The number of aryl methyl sites for hydroxylation is 1. The van der Waals surface area contributed by atoms with Crippen LogP contribution >= 0.6 is 0 Å². The Morgan fingerprint density at radius 1 is 1.25 bits per heavy atom. The van der Waals surface area contributed by atoms with Gasteiger partial charge in [0, 0.05) is 11.3 Å². The van der Waals surface area contributed by atoms with Crippen molar-refractivity contribution in [3.8, 4) is 0 Å². The summed E-state index contributed by atoms with van der Waals surface area (Å²) >= 11 is 0. The standard InChI is InChI=1S/C29H35FN6O4/c1-3-4-5-12-40-28(39)35-23-9-8-18-7-6-17(13-21(18)34-23)10-11-29(2)15-19(25(37)26(29)38)22-14-20(30)24-27(31)32-16-33-36(22)24/h6-9,13-14,16,19,25-26,37-38H,3-5,10-12,15H2,1-2H3,(H2,31,32,33)(H,34,35,39)/t19-,25-,26-,29-/m0/s1. The van der Waals surface area contributed by atoms with Crippen LogP contribution in [0.1, 0.15) is 63.1 Å². The minimum atomic E-state index is -1.09. The Morgan fingerprint density at radius 2 is 2.05 bits per heavy atom. The molecule has 0 spiro atoms. The Hall–Kier alpha value is -3.83. The van der Waals surface area contributed by atoms with Crippen molar-refractivity contribution in [3.05, 3.63) is 59.8 Å². The average Bonchev–Trinajstić information content (AvgIpc) is 3.39. The zero-order valence-electron chi connectivity index (χ0n) is 22.7. The molecule has 4 aromatic rings. The van der Waals surface area contributed by atoms with Crippen molar-refractivity contribution in [2.24, 2.45) is 5.41 Å². The van der Waals surface area contributed by atoms with E-state index in [-0.39, 0.29) is 11.3 Å². The number of carbonyl (C=O) groups excluding carboxylic acids is 1. The van der Waals surface area contributed by atoms with Crippen LogP contribution in [-0.2, 0) is 11.2 Å². The number of aromatic nitrogens is 4. The summed E-state index contributed by atoms with van der Waals surface area (Å²) in [7, 11) is 0. The lowest BCUT2D eigenvalue weighted by Gasteiger charge is -2.28. The summed E-state index contributed by atoms with van der Waals surface area (Å²) in [5.74, 6) is -0.669. The second-order valence-corrected chi connectivity index (χ2v) is 10.9. The number of unbranched alkanes of at least 4 members (excludes halogenated alkanes) is 2. The van der Waals surface area contributed by atoms with Gasteiger partial charge in [-0.1, -0.05) is 38.8 Å². The molecule has 0 radical (unpaired) electrons. The zero-order chi connectivity index (χ0) is 28.4. The number of nitrogens with one attached hydrogen (secondary N) is 1. The number of amides is 1. The average molecular weight is 551 g/mol. The molecule has 0 aliphatic heterocycles. The first kappa shape index (κ1) is 27.7. The SMILES string of the molecule is CCCCCOC(=O)Nc1ccc2ccc(CC[C@@]3(C)C[C@@H](c4cc(F)c5c(N)ncnn45)[C@H](O)[C@@H]3O)cc2n1. The smallest absolute Gasteiger partial charge is 0.412 e. The number of hydrogen-bond acceptors (Lipinski definition) is 8. The maximum absolute atomic E-state index is 14.7. The number of pyridine rings is 1. The molecule has 5 rings (SSSR count). The van der Waals surface area contributed by atoms with E-state index < -0.39 is 35.5 Å². The van der Waals surface area contributed by atoms with Crippen molar-refractivity contribution in [1.29, 1.82) is 0 Å². The number of rotatable bonds is 9. The maximum Gasteiger partial charge on any atom is 0.412 e. The van der Waals surface area contributed by atoms with E-state index in [0.717, 1.165) is 35.7 Å². The Bertz CT molecular complexity index is 1530. The van der Waals surface area contributed by atoms with E-state index in [1.54, 1.807) is 6.07 Å². The number of nitrogens with zero attached hydrogens (tertiary/aromatic N) is 4. The van der Waals surface area contributed by atoms with Gasteiger partial charge in [0.25, 0.3) is 0 Å². The minimum Gasteiger partial charge on any atom is -0.449 e. The number of fused-ring (bicyclic) bond motifs is 2. The van der Waals surface area contributed by atoms with Crippen LogP contribution in [-0.4, -0.2) is 54.7 Å². The molecule has 5 N–H and O–H groups in total. The van der Waals surface area contributed by atoms with Crippen molar-refractivity contribution < 1.29 is 24.1 Å². The van der Waals surface area contributed by atoms with Crippen molar-refractivity contribution in [2.45, 2.75) is 70.5 Å². The summed E-state index contributed by atoms with van der Waals surface area (Å²) in [6.07, 6.45) is 3.14. The summed E-state index contributed by atoms with van der Waals surface area (Å²) in [5, 5.41) is 29.8. The van der Waals surface area contributed by atoms with E-state index in [4.69, 9.17) is 10.5 Å². The number of carbonyl (C=O) groups is 1. The molecule has 1 saturated carbocycles. The predicted molar refractivity (Wildman–Crippen MR) is 149 cm³/mol. The molecule has 1 aliphatic rings. The molecule has 3 heterocycles. The molecular formula is C29H35FN6O4. The summed E-state index contributed by atoms with van der Waals surface area (Å²) in [6.45, 7) is 4.39. The molecule has 1 amide bonds. The molecule has 212 valence electrons. The molecule has 4 atom stereocenters. The highest BCUT2D eigenvalue weighted by Gasteiger charge is 2.50. The number of nitrogens with two attached hydrogens (primary N) is 1. The summed E-state index contributed by atoms with van der Waals surface area (Å²) in [5.41, 5.74) is 7.46. The van der Waals surface area contributed by atoms with Crippen molar-refractivity contribution in [1.82, 2.24) is 19.6 Å². The van der Waals surface area contributed by atoms with Crippen LogP contribution in [0, 0.1) is 11.2 Å². The Labute approximate surface area is 231 Å². The third-order valence-corrected chi connectivity index (χ3v) is 8.03. The number of anilines is 2. The van der Waals surface area contributed by atoms with Crippen molar-refractivity contribution in [2.75, 3.05) is 17.7 Å². The van der Waals surface area contributed by atoms with Crippen molar-refractivity contribution in [3.63, 3.8) is 0 Å². The minimum absolute atomic E-state index is 0.0154. The van der Waals surface area contributed by atoms with Gasteiger partial charge in [0.2, 0.25) is 0 Å². The highest BCUT2D eigenvalue weighted by molar-refractivity contribution is 5.87. The van der Waals surface area contributed by atoms with Crippen LogP contribution in [0.3, 0.4) is 0 Å². The monoisotopic (exact) mass is 550 g/mol. The predicted octanol–water partition coefficient (Wildman–Crippen LogP) is 4.59. The van der Waals surface area contributed by atoms with Crippen LogP contribution in [0.15, 0.2) is 42.7 Å². The lowest BCUT2D eigenvalue weighted by atomic mass is 9.80. The third kappa shape index (κ3) is 5.44. The number of benzene rings is 1. The summed E-state index contributed by atoms with van der Waals surface area (Å²) in [6, 6.07) is 10.9. The quantitative estimate of drug-likeness (QED) is 0.221. The molecule has 3 aromatic heterocycles. The highest BCUT2D eigenvalue weighted by atomic mass is 19.1. The van der Waals surface area contributed by atoms with Gasteiger partial charge in [0.15, 0.2) is 11.6 Å². The van der Waals surface area contributed by atoms with E-state index in [1.807, 2.05) is 31.2 Å². The normalized spacial score (nSPS) is 22.7. The fraction of sp³-hybridized carbons (Fsp3) is 0.448. The Kier molecular flexibility index (Phi) is 7.86. The van der Waals surface area contributed by atoms with E-state index >= 15 is 0 Å². The molecule has 1 fully saturated rings. The lowest BCUT2D eigenvalue weighted by Crippen LogP contribution is -2.34. The number of nitrogen functional groups attached to an aromatic ring is 1. The molecule has 40 heavy (non-hydrogen) atoms. The molecule has 10 nitrogen and oxygen atoms in total. The van der Waals surface area contributed by atoms with Gasteiger partial charge in [0.05, 0.1) is 30.0 Å². The van der Waals surface area contributed by atoms with Gasteiger partial charge in [-0.2, -0.15) is 5.10 Å². The van der Waals surface area contributed by atoms with Crippen LogP contribution in [0.25, 0.3) is 16.4 Å². The topological polar surface area (TPSA) is 148 Å². The van der Waals surface area contributed by atoms with Gasteiger partial charge < -0.3 is 20.7 Å². The van der Waals surface area contributed by atoms with Gasteiger partial charge in [-0.25, -0.2) is 23.7 Å². The Morgan fingerprint density at radius 3 is 2.85 bits per heavy atom. The number of ether oxygens (including phenoxy) is 1. The van der Waals surface area contributed by atoms with Gasteiger partial charge in [-0.15, -0.1) is 0 Å². The number of aliphatic hydroxyl groups is 2. The van der Waals surface area contributed by atoms with Crippen LogP contribution < -0.4 is 11.1 Å². The van der Waals surface area contributed by atoms with E-state index in [1.165, 1.54) is 16.9 Å². The van der Waals surface area contributed by atoms with Crippen molar-refractivity contribution >= 4 is 34.1 Å². The zero-order valence-corrected chi connectivity index (χ0v) is 22.7. The molecule has 11 heteroatoms. The fourth-order valence-corrected chi connectivity index (χ4v) is 5.69. The number of aliphatic hydroxyl groups excluding tert-OH is 2. The molecular weight excluding hydrogens is 515 g/mol. The maximum atomic E-state index is 14.7. The summed E-state index contributed by atoms with van der Waals surface area (Å²) < 4.78 is 21.2. The lowest BCUT2D eigenvalue weighted by molar-refractivity contribution is -0.0204. The van der Waals surface area contributed by atoms with E-state index in [2.05, 4.69) is 27.3 Å². The summed E-state index contributed by atoms with van der Waals surface area (Å²) in [4.78, 5) is 20.5. The first-order valence-corrected chi connectivity index (χ1v) is 13.7. The highest BCUT2D eigenvalue weighted by Crippen LogP contribution is 2.49. The second-order valence-electron chi connectivity index (χ2n) is 10.9. The first-order valence-electron chi connectivity index (χ1n) is 13.7. The van der Waals surface area contributed by atoms with Gasteiger partial charge in [-0.05, 0) is 60.9 Å². The van der Waals surface area contributed by atoms with Gasteiger partial charge >= 0.3 is 6.09 Å². The third-order valence-electron chi connectivity index (χ3n) is 8.03. The van der Waals surface area contributed by atoms with E-state index in [9.17, 15) is 19.4 Å². The molecule has 1 aromatic carbocycles. The second kappa shape index (κ2) is 11.3. The van der Waals surface area contributed by atoms with E-state index in [0.29, 0.717) is 37.4 Å². The van der Waals surface area contributed by atoms with Gasteiger partial charge in [0.1, 0.15) is 17.7 Å². The Balaban J connectivity index is 1.28. The van der Waals surface area contributed by atoms with Crippen LogP contribution in [0.5, 0.6) is 0 Å².